The van der Waals surface area contributed by atoms with Crippen molar-refractivity contribution in [2.75, 3.05) is 26.8 Å². The van der Waals surface area contributed by atoms with Gasteiger partial charge in [0.05, 0.1) is 13.2 Å². The van der Waals surface area contributed by atoms with E-state index < -0.39 is 10.0 Å². The molecule has 0 atom stereocenters. The molecule has 1 heterocycles. The summed E-state index contributed by atoms with van der Waals surface area (Å²) in [6.45, 7) is 3.24. The Hall–Kier alpha value is -0.890. The highest BCUT2D eigenvalue weighted by molar-refractivity contribution is 7.89. The lowest BCUT2D eigenvalue weighted by atomic mass is 10.5. The Kier molecular flexibility index (Phi) is 5.13. The summed E-state index contributed by atoms with van der Waals surface area (Å²) < 4.78 is 35.4. The summed E-state index contributed by atoms with van der Waals surface area (Å²) in [6, 6.07) is 2.97. The highest BCUT2D eigenvalue weighted by Crippen LogP contribution is 2.17. The maximum atomic E-state index is 12.0. The van der Waals surface area contributed by atoms with Crippen LogP contribution in [0, 0.1) is 0 Å². The molecule has 17 heavy (non-hydrogen) atoms. The van der Waals surface area contributed by atoms with Gasteiger partial charge in [-0.1, -0.05) is 0 Å². The molecule has 7 heteroatoms. The van der Waals surface area contributed by atoms with Gasteiger partial charge in [0.1, 0.15) is 5.76 Å². The lowest BCUT2D eigenvalue weighted by Crippen LogP contribution is -2.30. The molecule has 1 aromatic heterocycles. The van der Waals surface area contributed by atoms with Gasteiger partial charge in [-0.25, -0.2) is 8.42 Å². The number of hydrogen-bond donors (Lipinski definition) is 1. The first kappa shape index (κ1) is 14.2. The largest absolute Gasteiger partial charge is 0.447 e. The van der Waals surface area contributed by atoms with Crippen molar-refractivity contribution < 1.29 is 17.6 Å². The molecule has 1 aromatic rings. The fourth-order valence-corrected chi connectivity index (χ4v) is 2.29. The smallest absolute Gasteiger partial charge is 0.276 e. The number of nitrogens with two attached hydrogens (primary N) is 1. The van der Waals surface area contributed by atoms with Gasteiger partial charge >= 0.3 is 0 Å². The standard InChI is InChI=1S/C10H18N2O4S/c1-3-15-7-6-12(2)17(13,14)10-5-4-9(8-11)16-10/h4-5H,3,6-8,11H2,1-2H3. The molecule has 0 saturated heterocycles. The van der Waals surface area contributed by atoms with Gasteiger partial charge in [0.25, 0.3) is 10.0 Å². The van der Waals surface area contributed by atoms with Gasteiger partial charge in [-0.2, -0.15) is 4.31 Å². The van der Waals surface area contributed by atoms with Crippen LogP contribution in [0.1, 0.15) is 12.7 Å². The Balaban J connectivity index is 2.73. The van der Waals surface area contributed by atoms with Crippen molar-refractivity contribution in [3.05, 3.63) is 17.9 Å². The van der Waals surface area contributed by atoms with E-state index in [0.717, 1.165) is 0 Å². The third-order valence-corrected chi connectivity index (χ3v) is 3.99. The van der Waals surface area contributed by atoms with Crippen molar-refractivity contribution >= 4 is 10.0 Å². The summed E-state index contributed by atoms with van der Waals surface area (Å²) >= 11 is 0. The van der Waals surface area contributed by atoms with Crippen molar-refractivity contribution in [2.24, 2.45) is 5.73 Å². The van der Waals surface area contributed by atoms with Gasteiger partial charge in [-0.15, -0.1) is 0 Å². The van der Waals surface area contributed by atoms with Crippen molar-refractivity contribution in [3.8, 4) is 0 Å². The van der Waals surface area contributed by atoms with Crippen LogP contribution in [0.25, 0.3) is 0 Å². The average Bonchev–Trinajstić information content (AvgIpc) is 2.78. The highest BCUT2D eigenvalue weighted by Gasteiger charge is 2.24. The normalized spacial score (nSPS) is 12.2. The van der Waals surface area contributed by atoms with Crippen LogP contribution >= 0.6 is 0 Å². The Morgan fingerprint density at radius 2 is 2.18 bits per heavy atom. The van der Waals surface area contributed by atoms with Gasteiger partial charge in [-0.05, 0) is 19.1 Å². The monoisotopic (exact) mass is 262 g/mol. The van der Waals surface area contributed by atoms with Gasteiger partial charge in [0.15, 0.2) is 0 Å². The molecular formula is C10H18N2O4S. The van der Waals surface area contributed by atoms with Crippen molar-refractivity contribution in [1.29, 1.82) is 0 Å². The first-order valence-corrected chi connectivity index (χ1v) is 6.79. The molecule has 2 N–H and O–H groups in total. The van der Waals surface area contributed by atoms with E-state index in [9.17, 15) is 8.42 Å². The summed E-state index contributed by atoms with van der Waals surface area (Å²) in [6.07, 6.45) is 0. The van der Waals surface area contributed by atoms with E-state index in [1.165, 1.54) is 17.4 Å². The van der Waals surface area contributed by atoms with Crippen LogP contribution in [-0.2, 0) is 21.3 Å². The second-order valence-corrected chi connectivity index (χ2v) is 5.42. The quantitative estimate of drug-likeness (QED) is 0.719. The molecule has 1 rings (SSSR count). The van der Waals surface area contributed by atoms with Gasteiger partial charge < -0.3 is 14.9 Å². The fourth-order valence-electron chi connectivity index (χ4n) is 1.22. The molecule has 0 bridgehead atoms. The lowest BCUT2D eigenvalue weighted by molar-refractivity contribution is 0.138. The number of hydrogen-bond acceptors (Lipinski definition) is 5. The number of likely N-dealkylation sites (N-methyl/N-ethyl adjacent to an activating group) is 1. The Morgan fingerprint density at radius 3 is 2.71 bits per heavy atom. The first-order chi connectivity index (χ1) is 8.02. The van der Waals surface area contributed by atoms with E-state index in [1.54, 1.807) is 6.07 Å². The summed E-state index contributed by atoms with van der Waals surface area (Å²) in [5.74, 6) is 0.446. The molecule has 0 spiro atoms. The Morgan fingerprint density at radius 1 is 1.47 bits per heavy atom. The van der Waals surface area contributed by atoms with Gasteiger partial charge in [0.2, 0.25) is 5.09 Å². The van der Waals surface area contributed by atoms with E-state index >= 15 is 0 Å². The van der Waals surface area contributed by atoms with Gasteiger partial charge in [0, 0.05) is 20.2 Å². The third kappa shape index (κ3) is 3.53. The summed E-state index contributed by atoms with van der Waals surface area (Å²) in [4.78, 5) is 0. The van der Waals surface area contributed by atoms with Crippen molar-refractivity contribution in [1.82, 2.24) is 4.31 Å². The summed E-state index contributed by atoms with van der Waals surface area (Å²) in [5.41, 5.74) is 5.36. The Bertz CT molecular complexity index is 441. The zero-order chi connectivity index (χ0) is 12.9. The van der Waals surface area contributed by atoms with E-state index in [-0.39, 0.29) is 18.2 Å². The highest BCUT2D eigenvalue weighted by atomic mass is 32.2. The minimum atomic E-state index is -3.58. The Labute approximate surface area is 101 Å². The van der Waals surface area contributed by atoms with E-state index in [1.807, 2.05) is 6.92 Å². The second-order valence-electron chi connectivity index (χ2n) is 3.45. The van der Waals surface area contributed by atoms with Crippen LogP contribution in [0.5, 0.6) is 0 Å². The van der Waals surface area contributed by atoms with Crippen LogP contribution in [-0.4, -0.2) is 39.5 Å². The van der Waals surface area contributed by atoms with Crippen LogP contribution < -0.4 is 5.73 Å². The molecule has 98 valence electrons. The number of rotatable bonds is 7. The van der Waals surface area contributed by atoms with Gasteiger partial charge in [-0.3, -0.25) is 0 Å². The first-order valence-electron chi connectivity index (χ1n) is 5.35. The fraction of sp³-hybridized carbons (Fsp3) is 0.600. The van der Waals surface area contributed by atoms with Crippen LogP contribution in [0.3, 0.4) is 0 Å². The number of ether oxygens (including phenoxy) is 1. The second kappa shape index (κ2) is 6.15. The molecule has 0 unspecified atom stereocenters. The van der Waals surface area contributed by atoms with E-state index in [2.05, 4.69) is 0 Å². The predicted octanol–water partition coefficient (Wildman–Crippen LogP) is 0.395. The average molecular weight is 262 g/mol. The topological polar surface area (TPSA) is 85.8 Å². The molecule has 0 amide bonds. The van der Waals surface area contributed by atoms with Crippen molar-refractivity contribution in [2.45, 2.75) is 18.6 Å². The van der Waals surface area contributed by atoms with Crippen LogP contribution in [0.15, 0.2) is 21.6 Å². The number of furan rings is 1. The molecule has 0 aliphatic rings. The molecule has 0 aliphatic heterocycles. The minimum absolute atomic E-state index is 0.0862. The molecular weight excluding hydrogens is 244 g/mol. The van der Waals surface area contributed by atoms with Crippen molar-refractivity contribution in [3.63, 3.8) is 0 Å². The molecule has 0 radical (unpaired) electrons. The summed E-state index contributed by atoms with van der Waals surface area (Å²) in [5, 5.41) is -0.0862. The molecule has 0 fully saturated rings. The maximum Gasteiger partial charge on any atom is 0.276 e. The minimum Gasteiger partial charge on any atom is -0.447 e. The number of sulfonamides is 1. The van der Waals surface area contributed by atoms with E-state index in [0.29, 0.717) is 19.0 Å². The number of nitrogens with zero attached hydrogens (tertiary/aromatic N) is 1. The maximum absolute atomic E-state index is 12.0. The molecule has 0 aromatic carbocycles. The molecule has 0 saturated carbocycles. The summed E-state index contributed by atoms with van der Waals surface area (Å²) in [7, 11) is -2.09. The molecule has 6 nitrogen and oxygen atoms in total. The van der Waals surface area contributed by atoms with Crippen LogP contribution in [0.4, 0.5) is 0 Å². The predicted molar refractivity (Wildman–Crippen MR) is 62.9 cm³/mol. The molecule has 0 aliphatic carbocycles. The van der Waals surface area contributed by atoms with Crippen LogP contribution in [0.2, 0.25) is 0 Å². The SMILES string of the molecule is CCOCCN(C)S(=O)(=O)c1ccc(CN)o1. The van der Waals surface area contributed by atoms with E-state index in [4.69, 9.17) is 14.9 Å². The zero-order valence-electron chi connectivity index (χ0n) is 10.0. The zero-order valence-corrected chi connectivity index (χ0v) is 10.9. The lowest BCUT2D eigenvalue weighted by Gasteiger charge is -2.14. The third-order valence-electron chi connectivity index (χ3n) is 2.26.